The lowest BCUT2D eigenvalue weighted by Gasteiger charge is -2.29. The number of rotatable bonds is 4. The van der Waals surface area contributed by atoms with Crippen molar-refractivity contribution in [2.45, 2.75) is 46.3 Å². The van der Waals surface area contributed by atoms with Crippen molar-refractivity contribution in [2.75, 3.05) is 6.54 Å². The molecule has 2 aromatic heterocycles. The van der Waals surface area contributed by atoms with E-state index in [9.17, 15) is 14.9 Å². The van der Waals surface area contributed by atoms with Gasteiger partial charge >= 0.3 is 6.09 Å². The first-order chi connectivity index (χ1) is 20.6. The summed E-state index contributed by atoms with van der Waals surface area (Å²) in [5.74, 6) is 0.343. The fourth-order valence-electron chi connectivity index (χ4n) is 5.29. The Morgan fingerprint density at radius 2 is 1.88 bits per heavy atom. The van der Waals surface area contributed by atoms with Gasteiger partial charge in [-0.2, -0.15) is 10.4 Å². The molecule has 0 saturated heterocycles. The Kier molecular flexibility index (Phi) is 7.03. The lowest BCUT2D eigenvalue weighted by molar-refractivity contribution is 0.0221. The van der Waals surface area contributed by atoms with Crippen LogP contribution in [0, 0.1) is 18.3 Å². The summed E-state index contributed by atoms with van der Waals surface area (Å²) in [5, 5.41) is 14.9. The molecule has 1 amide bonds. The maximum Gasteiger partial charge on any atom is 0.410 e. The van der Waals surface area contributed by atoms with E-state index < -0.39 is 5.60 Å². The lowest BCUT2D eigenvalue weighted by Crippen LogP contribution is -2.39. The molecule has 0 unspecified atom stereocenters. The summed E-state index contributed by atoms with van der Waals surface area (Å²) in [6.07, 6.45) is 2.96. The van der Waals surface area contributed by atoms with Crippen molar-refractivity contribution in [3.05, 3.63) is 87.7 Å². The molecule has 0 atom stereocenters. The Labute approximate surface area is 253 Å². The molecule has 0 aliphatic carbocycles. The number of nitriles is 1. The van der Waals surface area contributed by atoms with Gasteiger partial charge in [-0.1, -0.05) is 35.9 Å². The van der Waals surface area contributed by atoms with Crippen molar-refractivity contribution in [1.82, 2.24) is 19.7 Å². The van der Waals surface area contributed by atoms with Gasteiger partial charge in [0.2, 0.25) is 5.89 Å². The third-order valence-electron chi connectivity index (χ3n) is 7.37. The number of fused-ring (bicyclic) bond motifs is 2. The van der Waals surface area contributed by atoms with Gasteiger partial charge in [0.05, 0.1) is 28.5 Å². The van der Waals surface area contributed by atoms with E-state index in [1.54, 1.807) is 15.6 Å². The van der Waals surface area contributed by atoms with Crippen molar-refractivity contribution < 1.29 is 18.7 Å². The predicted octanol–water partition coefficient (Wildman–Crippen LogP) is 7.29. The van der Waals surface area contributed by atoms with Crippen LogP contribution in [0.15, 0.2) is 59.1 Å². The summed E-state index contributed by atoms with van der Waals surface area (Å²) >= 11 is 7.05. The zero-order chi connectivity index (χ0) is 30.5. The highest BCUT2D eigenvalue weighted by molar-refractivity contribution is 6.35. The highest BCUT2D eigenvalue weighted by Crippen LogP contribution is 2.39. The molecule has 5 aromatic rings. The van der Waals surface area contributed by atoms with Gasteiger partial charge in [0.1, 0.15) is 23.5 Å². The van der Waals surface area contributed by atoms with E-state index in [1.807, 2.05) is 70.3 Å². The maximum absolute atomic E-state index is 12.6. The number of aldehydes is 1. The molecule has 6 rings (SSSR count). The van der Waals surface area contributed by atoms with Gasteiger partial charge in [-0.05, 0) is 75.1 Å². The van der Waals surface area contributed by atoms with Gasteiger partial charge in [0.15, 0.2) is 5.58 Å². The van der Waals surface area contributed by atoms with Gasteiger partial charge in [-0.15, -0.1) is 0 Å². The summed E-state index contributed by atoms with van der Waals surface area (Å²) < 4.78 is 13.4. The molecule has 0 radical (unpaired) electrons. The number of nitrogens with zero attached hydrogens (tertiary/aromatic N) is 5. The molecule has 3 heterocycles. The number of ether oxygens (including phenoxy) is 1. The Bertz CT molecular complexity index is 1960. The molecular formula is C33H28ClN5O4. The zero-order valence-electron chi connectivity index (χ0n) is 24.1. The van der Waals surface area contributed by atoms with Crippen LogP contribution in [0.3, 0.4) is 0 Å². The molecule has 0 fully saturated rings. The van der Waals surface area contributed by atoms with Crippen molar-refractivity contribution in [3.63, 3.8) is 0 Å². The largest absolute Gasteiger partial charge is 0.444 e. The first-order valence-corrected chi connectivity index (χ1v) is 14.2. The molecular weight excluding hydrogens is 566 g/mol. The number of hydrogen-bond acceptors (Lipinski definition) is 7. The Morgan fingerprint density at radius 3 is 2.63 bits per heavy atom. The monoisotopic (exact) mass is 593 g/mol. The number of benzene rings is 3. The van der Waals surface area contributed by atoms with Gasteiger partial charge in [0, 0.05) is 29.4 Å². The number of aromatic nitrogens is 3. The van der Waals surface area contributed by atoms with E-state index in [1.165, 1.54) is 6.07 Å². The Morgan fingerprint density at radius 1 is 1.14 bits per heavy atom. The van der Waals surface area contributed by atoms with Crippen LogP contribution >= 0.6 is 11.6 Å². The van der Waals surface area contributed by atoms with Crippen molar-refractivity contribution in [3.8, 4) is 34.3 Å². The quantitative estimate of drug-likeness (QED) is 0.201. The Balaban J connectivity index is 1.35. The van der Waals surface area contributed by atoms with E-state index in [2.05, 4.69) is 11.1 Å². The van der Waals surface area contributed by atoms with Crippen LogP contribution in [0.5, 0.6) is 0 Å². The van der Waals surface area contributed by atoms with E-state index in [-0.39, 0.29) is 11.7 Å². The smallest absolute Gasteiger partial charge is 0.410 e. The Hall–Kier alpha value is -4.94. The van der Waals surface area contributed by atoms with Gasteiger partial charge in [-0.3, -0.25) is 4.79 Å². The molecule has 216 valence electrons. The van der Waals surface area contributed by atoms with Gasteiger partial charge < -0.3 is 14.1 Å². The average molecular weight is 594 g/mol. The third kappa shape index (κ3) is 5.26. The number of amides is 1. The first-order valence-electron chi connectivity index (χ1n) is 13.8. The van der Waals surface area contributed by atoms with Crippen LogP contribution in [0.25, 0.3) is 39.4 Å². The molecule has 3 aromatic carbocycles. The second kappa shape index (κ2) is 10.7. The lowest BCUT2D eigenvalue weighted by atomic mass is 9.96. The molecule has 0 spiro atoms. The van der Waals surface area contributed by atoms with E-state index in [0.717, 1.165) is 33.5 Å². The zero-order valence-corrected chi connectivity index (χ0v) is 24.9. The fourth-order valence-corrected chi connectivity index (χ4v) is 5.61. The van der Waals surface area contributed by atoms with E-state index >= 15 is 0 Å². The average Bonchev–Trinajstić information content (AvgIpc) is 3.60. The van der Waals surface area contributed by atoms with Gasteiger partial charge in [-0.25, -0.2) is 14.5 Å². The molecule has 10 heteroatoms. The van der Waals surface area contributed by atoms with E-state index in [4.69, 9.17) is 25.9 Å². The van der Waals surface area contributed by atoms with Crippen molar-refractivity contribution in [1.29, 1.82) is 5.26 Å². The second-order valence-corrected chi connectivity index (χ2v) is 11.9. The SMILES string of the molecule is Cc1c(-c2nc3cc(C=O)cc(C#N)c3o2)cccc1-c1cccc(-n2cc3c(n2)CN(C(=O)OC(C)(C)C)CC3)c1Cl. The number of hydrogen-bond donors (Lipinski definition) is 0. The van der Waals surface area contributed by atoms with Crippen LogP contribution in [-0.4, -0.2) is 44.2 Å². The number of carbonyl (C=O) groups excluding carboxylic acids is 2. The second-order valence-electron chi connectivity index (χ2n) is 11.5. The topological polar surface area (TPSA) is 114 Å². The normalized spacial score (nSPS) is 13.1. The molecule has 1 aliphatic rings. The minimum atomic E-state index is -0.569. The highest BCUT2D eigenvalue weighted by Gasteiger charge is 2.28. The summed E-state index contributed by atoms with van der Waals surface area (Å²) in [6.45, 7) is 8.43. The number of halogens is 1. The van der Waals surface area contributed by atoms with Crippen LogP contribution in [0.2, 0.25) is 5.02 Å². The maximum atomic E-state index is 12.6. The molecule has 0 N–H and O–H groups in total. The van der Waals surface area contributed by atoms with Crippen LogP contribution < -0.4 is 0 Å². The van der Waals surface area contributed by atoms with Crippen LogP contribution in [-0.2, 0) is 17.7 Å². The van der Waals surface area contributed by atoms with Crippen LogP contribution in [0.1, 0.15) is 53.5 Å². The number of oxazole rings is 1. The molecule has 9 nitrogen and oxygen atoms in total. The number of carbonyl (C=O) groups is 2. The van der Waals surface area contributed by atoms with Crippen molar-refractivity contribution in [2.24, 2.45) is 0 Å². The van der Waals surface area contributed by atoms with Crippen LogP contribution in [0.4, 0.5) is 4.79 Å². The minimum absolute atomic E-state index is 0.249. The summed E-state index contributed by atoms with van der Waals surface area (Å²) in [6, 6.07) is 16.7. The summed E-state index contributed by atoms with van der Waals surface area (Å²) in [4.78, 5) is 30.3. The minimum Gasteiger partial charge on any atom is -0.444 e. The molecule has 0 bridgehead atoms. The molecule has 0 saturated carbocycles. The molecule has 1 aliphatic heterocycles. The summed E-state index contributed by atoms with van der Waals surface area (Å²) in [5.41, 5.74) is 6.70. The van der Waals surface area contributed by atoms with Crippen molar-refractivity contribution >= 4 is 35.1 Å². The summed E-state index contributed by atoms with van der Waals surface area (Å²) in [7, 11) is 0. The first kappa shape index (κ1) is 28.2. The standard InChI is InChI=1S/C33H28ClN5O4/c1-19-23(7-5-8-24(19)31-36-26-14-20(18-40)13-22(15-35)30(26)42-31)25-9-6-10-28(29(25)34)39-16-21-11-12-38(17-27(21)37-39)32(41)43-33(2,3)4/h5-10,13-14,16,18H,11-12,17H2,1-4H3. The third-order valence-corrected chi connectivity index (χ3v) is 7.77. The molecule has 43 heavy (non-hydrogen) atoms. The van der Waals surface area contributed by atoms with E-state index in [0.29, 0.717) is 59.1 Å². The van der Waals surface area contributed by atoms with Gasteiger partial charge in [0.25, 0.3) is 0 Å². The predicted molar refractivity (Wildman–Crippen MR) is 162 cm³/mol. The fraction of sp³-hybridized carbons (Fsp3) is 0.242. The highest BCUT2D eigenvalue weighted by atomic mass is 35.5.